The molecule has 0 aliphatic heterocycles. The Hall–Kier alpha value is 0.420. The Labute approximate surface area is 83.7 Å². The van der Waals surface area contributed by atoms with Crippen LogP contribution >= 0.6 is 20.9 Å². The normalized spacial score (nSPS) is 13.1. The molecule has 0 amide bonds. The number of thiol groups is 1. The molecule has 0 fully saturated rings. The zero-order valence-corrected chi connectivity index (χ0v) is 9.16. The Morgan fingerprint density at radius 1 is 1.08 bits per heavy atom. The zero-order valence-electron chi connectivity index (χ0n) is 7.27. The summed E-state index contributed by atoms with van der Waals surface area (Å²) in [6, 6.07) is 0. The molecule has 0 aromatic heterocycles. The van der Waals surface area contributed by atoms with Gasteiger partial charge in [-0.15, -0.1) is 0 Å². The van der Waals surface area contributed by atoms with Crippen LogP contribution in [0.3, 0.4) is 0 Å². The van der Waals surface area contributed by atoms with Crippen molar-refractivity contribution in [2.75, 3.05) is 38.8 Å². The molecule has 0 aromatic carbocycles. The lowest BCUT2D eigenvalue weighted by Gasteiger charge is -2.03. The van der Waals surface area contributed by atoms with Crippen molar-refractivity contribution in [1.82, 2.24) is 0 Å². The lowest BCUT2D eigenvalue weighted by molar-refractivity contribution is 0.0409. The van der Waals surface area contributed by atoms with Gasteiger partial charge in [0.15, 0.2) is 0 Å². The first kappa shape index (κ1) is 13.4. The maximum atomic E-state index is 10.0. The molecule has 0 aliphatic rings. The summed E-state index contributed by atoms with van der Waals surface area (Å²) in [5.74, 6) is 0.690. The summed E-state index contributed by atoms with van der Waals surface area (Å²) in [5, 5.41) is 0. The number of hydrogen-bond donors (Lipinski definition) is 2. The molecule has 0 radical (unpaired) electrons. The SMILES string of the molecule is O=[PH](O)OCCOCCOCCS. The highest BCUT2D eigenvalue weighted by molar-refractivity contribution is 7.80. The van der Waals surface area contributed by atoms with Gasteiger partial charge in [-0.25, -0.2) is 0 Å². The maximum Gasteiger partial charge on any atom is 0.316 e. The third kappa shape index (κ3) is 12.4. The summed E-state index contributed by atoms with van der Waals surface area (Å²) in [6.45, 7) is 2.02. The van der Waals surface area contributed by atoms with Gasteiger partial charge in [-0.05, 0) is 0 Å². The fourth-order valence-electron chi connectivity index (χ4n) is 0.574. The Bertz CT molecular complexity index is 134. The monoisotopic (exact) mass is 230 g/mol. The maximum absolute atomic E-state index is 10.0. The molecule has 7 heteroatoms. The van der Waals surface area contributed by atoms with Crippen LogP contribution in [0.25, 0.3) is 0 Å². The molecule has 0 heterocycles. The van der Waals surface area contributed by atoms with Gasteiger partial charge in [-0.2, -0.15) is 12.6 Å². The van der Waals surface area contributed by atoms with E-state index in [2.05, 4.69) is 17.2 Å². The minimum Gasteiger partial charge on any atom is -0.378 e. The number of hydrogen-bond acceptors (Lipinski definition) is 5. The summed E-state index contributed by atoms with van der Waals surface area (Å²) < 4.78 is 24.5. The molecule has 0 aromatic rings. The largest absolute Gasteiger partial charge is 0.378 e. The Morgan fingerprint density at radius 2 is 1.62 bits per heavy atom. The summed E-state index contributed by atoms with van der Waals surface area (Å²) in [7, 11) is -2.81. The summed E-state index contributed by atoms with van der Waals surface area (Å²) in [5.41, 5.74) is 0. The molecule has 1 unspecified atom stereocenters. The quantitative estimate of drug-likeness (QED) is 0.340. The number of ether oxygens (including phenoxy) is 2. The van der Waals surface area contributed by atoms with E-state index in [1.807, 2.05) is 0 Å². The van der Waals surface area contributed by atoms with Crippen molar-refractivity contribution in [3.05, 3.63) is 0 Å². The van der Waals surface area contributed by atoms with Gasteiger partial charge in [0.1, 0.15) is 0 Å². The second-order valence-electron chi connectivity index (χ2n) is 2.06. The molecule has 80 valence electrons. The fraction of sp³-hybridized carbons (Fsp3) is 1.00. The molecule has 13 heavy (non-hydrogen) atoms. The Kier molecular flexibility index (Phi) is 10.8. The highest BCUT2D eigenvalue weighted by Gasteiger charge is 1.92. The van der Waals surface area contributed by atoms with Crippen LogP contribution in [0.15, 0.2) is 0 Å². The Morgan fingerprint density at radius 3 is 2.15 bits per heavy atom. The van der Waals surface area contributed by atoms with E-state index in [4.69, 9.17) is 14.4 Å². The standard InChI is InChI=1S/C6H15O5PS/c7-12(8)11-4-3-9-1-2-10-5-6-13/h12-13H,1-6H2,(H,7,8). The predicted octanol–water partition coefficient (Wildman–Crippen LogP) is 0.348. The lowest BCUT2D eigenvalue weighted by Crippen LogP contribution is -2.08. The van der Waals surface area contributed by atoms with Crippen molar-refractivity contribution < 1.29 is 23.5 Å². The Balaban J connectivity index is 2.87. The molecule has 0 rings (SSSR count). The van der Waals surface area contributed by atoms with E-state index in [0.717, 1.165) is 0 Å². The molecule has 0 bridgehead atoms. The van der Waals surface area contributed by atoms with E-state index in [9.17, 15) is 4.57 Å². The van der Waals surface area contributed by atoms with Crippen LogP contribution in [0.2, 0.25) is 0 Å². The average Bonchev–Trinajstić information content (AvgIpc) is 2.09. The summed E-state index contributed by atoms with van der Waals surface area (Å²) in [6.07, 6.45) is 0. The van der Waals surface area contributed by atoms with Gasteiger partial charge >= 0.3 is 8.25 Å². The van der Waals surface area contributed by atoms with Gasteiger partial charge in [0.25, 0.3) is 0 Å². The molecule has 5 nitrogen and oxygen atoms in total. The van der Waals surface area contributed by atoms with Crippen molar-refractivity contribution in [2.45, 2.75) is 0 Å². The molecular formula is C6H15O5PS. The van der Waals surface area contributed by atoms with Gasteiger partial charge in [-0.3, -0.25) is 4.57 Å². The van der Waals surface area contributed by atoms with Crippen LogP contribution < -0.4 is 0 Å². The van der Waals surface area contributed by atoms with Crippen LogP contribution in [-0.2, 0) is 18.6 Å². The second-order valence-corrected chi connectivity index (χ2v) is 3.33. The minimum absolute atomic E-state index is 0.140. The van der Waals surface area contributed by atoms with E-state index in [1.54, 1.807) is 0 Å². The molecular weight excluding hydrogens is 215 g/mol. The van der Waals surface area contributed by atoms with Crippen molar-refractivity contribution >= 4 is 20.9 Å². The first-order chi connectivity index (χ1) is 6.27. The highest BCUT2D eigenvalue weighted by Crippen LogP contribution is 2.12. The van der Waals surface area contributed by atoms with Crippen LogP contribution in [0.1, 0.15) is 0 Å². The van der Waals surface area contributed by atoms with E-state index < -0.39 is 8.25 Å². The summed E-state index contributed by atoms with van der Waals surface area (Å²) in [4.78, 5) is 8.26. The van der Waals surface area contributed by atoms with Crippen LogP contribution in [-0.4, -0.2) is 43.7 Å². The molecule has 0 saturated carbocycles. The first-order valence-electron chi connectivity index (χ1n) is 3.89. The predicted molar refractivity (Wildman–Crippen MR) is 52.7 cm³/mol. The van der Waals surface area contributed by atoms with Crippen molar-refractivity contribution in [3.63, 3.8) is 0 Å². The molecule has 1 atom stereocenters. The van der Waals surface area contributed by atoms with Crippen LogP contribution in [0.5, 0.6) is 0 Å². The molecule has 0 aliphatic carbocycles. The highest BCUT2D eigenvalue weighted by atomic mass is 32.1. The third-order valence-electron chi connectivity index (χ3n) is 1.06. The summed E-state index contributed by atoms with van der Waals surface area (Å²) >= 11 is 3.96. The number of rotatable bonds is 9. The first-order valence-corrected chi connectivity index (χ1v) is 5.79. The lowest BCUT2D eigenvalue weighted by atomic mass is 10.7. The van der Waals surface area contributed by atoms with Gasteiger partial charge in [0.05, 0.1) is 33.0 Å². The van der Waals surface area contributed by atoms with Gasteiger partial charge < -0.3 is 18.9 Å². The van der Waals surface area contributed by atoms with Gasteiger partial charge in [-0.1, -0.05) is 0 Å². The van der Waals surface area contributed by atoms with E-state index in [0.29, 0.717) is 32.2 Å². The van der Waals surface area contributed by atoms with E-state index in [-0.39, 0.29) is 6.61 Å². The van der Waals surface area contributed by atoms with E-state index in [1.165, 1.54) is 0 Å². The van der Waals surface area contributed by atoms with E-state index >= 15 is 0 Å². The average molecular weight is 230 g/mol. The molecule has 0 spiro atoms. The van der Waals surface area contributed by atoms with Gasteiger partial charge in [0.2, 0.25) is 0 Å². The smallest absolute Gasteiger partial charge is 0.316 e. The van der Waals surface area contributed by atoms with Crippen LogP contribution in [0, 0.1) is 0 Å². The van der Waals surface area contributed by atoms with Gasteiger partial charge in [0, 0.05) is 5.75 Å². The third-order valence-corrected chi connectivity index (χ3v) is 1.69. The zero-order chi connectivity index (χ0) is 9.94. The van der Waals surface area contributed by atoms with Crippen molar-refractivity contribution in [2.24, 2.45) is 0 Å². The minimum atomic E-state index is -2.81. The topological polar surface area (TPSA) is 65.0 Å². The van der Waals surface area contributed by atoms with Crippen LogP contribution in [0.4, 0.5) is 0 Å². The van der Waals surface area contributed by atoms with Crippen molar-refractivity contribution in [3.8, 4) is 0 Å². The van der Waals surface area contributed by atoms with Crippen molar-refractivity contribution in [1.29, 1.82) is 0 Å². The molecule has 0 saturated heterocycles. The fourth-order valence-corrected chi connectivity index (χ4v) is 0.961. The molecule has 1 N–H and O–H groups in total. The second kappa shape index (κ2) is 10.5.